The molecule has 0 amide bonds. The Morgan fingerprint density at radius 3 is 3.10 bits per heavy atom. The molecule has 6 nitrogen and oxygen atoms in total. The van der Waals surface area contributed by atoms with E-state index in [9.17, 15) is 0 Å². The van der Waals surface area contributed by atoms with E-state index >= 15 is 0 Å². The molecule has 2 atom stereocenters. The minimum Gasteiger partial charge on any atom is -0.476 e. The zero-order valence-corrected chi connectivity index (χ0v) is 12.6. The molecule has 21 heavy (non-hydrogen) atoms. The van der Waals surface area contributed by atoms with E-state index < -0.39 is 0 Å². The van der Waals surface area contributed by atoms with E-state index in [0.717, 1.165) is 38.2 Å². The monoisotopic (exact) mass is 292 g/mol. The Bertz CT molecular complexity index is 481. The number of nitrogens with two attached hydrogens (primary N) is 1. The highest BCUT2D eigenvalue weighted by Gasteiger charge is 2.36. The highest BCUT2D eigenvalue weighted by molar-refractivity contribution is 5.68. The van der Waals surface area contributed by atoms with Crippen LogP contribution >= 0.6 is 0 Å². The minimum atomic E-state index is 0.307. The van der Waals surface area contributed by atoms with Gasteiger partial charge in [0.1, 0.15) is 12.0 Å². The van der Waals surface area contributed by atoms with Crippen LogP contribution in [0.3, 0.4) is 0 Å². The molecule has 1 aliphatic heterocycles. The molecule has 1 aliphatic carbocycles. The second kappa shape index (κ2) is 6.47. The summed E-state index contributed by atoms with van der Waals surface area (Å²) in [6.45, 7) is 4.24. The highest BCUT2D eigenvalue weighted by Crippen LogP contribution is 2.35. The van der Waals surface area contributed by atoms with Crippen molar-refractivity contribution in [3.05, 3.63) is 6.33 Å². The summed E-state index contributed by atoms with van der Waals surface area (Å²) in [7, 11) is 0. The Labute approximate surface area is 125 Å². The van der Waals surface area contributed by atoms with Crippen molar-refractivity contribution in [1.82, 2.24) is 9.97 Å². The van der Waals surface area contributed by atoms with Crippen molar-refractivity contribution in [3.63, 3.8) is 0 Å². The predicted molar refractivity (Wildman–Crippen MR) is 81.6 cm³/mol. The lowest BCUT2D eigenvalue weighted by molar-refractivity contribution is -0.00895. The summed E-state index contributed by atoms with van der Waals surface area (Å²) in [5.41, 5.74) is 6.80. The van der Waals surface area contributed by atoms with E-state index in [1.54, 1.807) is 6.33 Å². The van der Waals surface area contributed by atoms with Crippen LogP contribution in [0, 0.1) is 0 Å². The lowest BCUT2D eigenvalue weighted by atomic mass is 9.90. The molecule has 116 valence electrons. The standard InChI is InChI=1S/C15H24N4O2/c1-2-8-21-15-13(16)14(17-10-18-15)19-7-9-20-12-6-4-3-5-11(12)19/h10-12H,2-9,16H2,1H3. The minimum absolute atomic E-state index is 0.307. The number of nitrogen functional groups attached to an aromatic ring is 1. The van der Waals surface area contributed by atoms with Crippen molar-refractivity contribution in [1.29, 1.82) is 0 Å². The number of hydrogen-bond donors (Lipinski definition) is 1. The topological polar surface area (TPSA) is 73.5 Å². The summed E-state index contributed by atoms with van der Waals surface area (Å²) in [6.07, 6.45) is 7.54. The molecule has 2 unspecified atom stereocenters. The second-order valence-corrected chi connectivity index (χ2v) is 5.72. The average molecular weight is 292 g/mol. The van der Waals surface area contributed by atoms with Gasteiger partial charge < -0.3 is 20.1 Å². The number of hydrogen-bond acceptors (Lipinski definition) is 6. The summed E-state index contributed by atoms with van der Waals surface area (Å²) in [5, 5.41) is 0. The van der Waals surface area contributed by atoms with E-state index in [2.05, 4.69) is 21.8 Å². The SMILES string of the molecule is CCCOc1ncnc(N2CCOC3CCCCC32)c1N. The number of fused-ring (bicyclic) bond motifs is 1. The molecular weight excluding hydrogens is 268 g/mol. The second-order valence-electron chi connectivity index (χ2n) is 5.72. The molecule has 2 heterocycles. The van der Waals surface area contributed by atoms with Crippen LogP contribution in [0.15, 0.2) is 6.33 Å². The first-order valence-electron chi connectivity index (χ1n) is 7.92. The van der Waals surface area contributed by atoms with Gasteiger partial charge in [-0.05, 0) is 19.3 Å². The van der Waals surface area contributed by atoms with Crippen LogP contribution in [0.2, 0.25) is 0 Å². The smallest absolute Gasteiger partial charge is 0.242 e. The molecule has 2 fully saturated rings. The molecule has 2 N–H and O–H groups in total. The Kier molecular flexibility index (Phi) is 4.43. The van der Waals surface area contributed by atoms with Crippen LogP contribution in [0.4, 0.5) is 11.5 Å². The van der Waals surface area contributed by atoms with Gasteiger partial charge in [0.25, 0.3) is 0 Å². The Balaban J connectivity index is 1.84. The van der Waals surface area contributed by atoms with Gasteiger partial charge in [-0.15, -0.1) is 0 Å². The maximum Gasteiger partial charge on any atom is 0.242 e. The fourth-order valence-electron chi connectivity index (χ4n) is 3.27. The van der Waals surface area contributed by atoms with E-state index in [1.807, 2.05) is 0 Å². The first-order valence-corrected chi connectivity index (χ1v) is 7.92. The summed E-state index contributed by atoms with van der Waals surface area (Å²) in [6, 6.07) is 0.378. The molecule has 6 heteroatoms. The Morgan fingerprint density at radius 1 is 1.38 bits per heavy atom. The van der Waals surface area contributed by atoms with Gasteiger partial charge in [0.05, 0.1) is 25.4 Å². The molecule has 2 aliphatic rings. The third kappa shape index (κ3) is 2.90. The molecule has 1 saturated heterocycles. The third-order valence-electron chi connectivity index (χ3n) is 4.27. The molecule has 1 aromatic rings. The summed E-state index contributed by atoms with van der Waals surface area (Å²) in [4.78, 5) is 10.9. The quantitative estimate of drug-likeness (QED) is 0.915. The summed E-state index contributed by atoms with van der Waals surface area (Å²) in [5.74, 6) is 1.30. The molecule has 0 radical (unpaired) electrons. The number of nitrogens with zero attached hydrogens (tertiary/aromatic N) is 3. The van der Waals surface area contributed by atoms with Gasteiger partial charge in [0.2, 0.25) is 5.88 Å². The number of morpholine rings is 1. The summed E-state index contributed by atoms with van der Waals surface area (Å²) >= 11 is 0. The predicted octanol–water partition coefficient (Wildman–Crippen LogP) is 2.00. The number of aromatic nitrogens is 2. The Morgan fingerprint density at radius 2 is 2.24 bits per heavy atom. The number of anilines is 2. The van der Waals surface area contributed by atoms with Crippen LogP contribution in [0.5, 0.6) is 5.88 Å². The molecule has 0 spiro atoms. The first kappa shape index (κ1) is 14.4. The molecule has 1 saturated carbocycles. The van der Waals surface area contributed by atoms with Crippen molar-refractivity contribution in [2.24, 2.45) is 0 Å². The zero-order chi connectivity index (χ0) is 14.7. The van der Waals surface area contributed by atoms with E-state index in [1.165, 1.54) is 12.8 Å². The van der Waals surface area contributed by atoms with Crippen LogP contribution < -0.4 is 15.4 Å². The van der Waals surface area contributed by atoms with Gasteiger partial charge >= 0.3 is 0 Å². The fourth-order valence-corrected chi connectivity index (χ4v) is 3.27. The van der Waals surface area contributed by atoms with Gasteiger partial charge in [0, 0.05) is 6.54 Å². The molecular formula is C15H24N4O2. The van der Waals surface area contributed by atoms with Crippen molar-refractivity contribution in [2.45, 2.75) is 51.2 Å². The van der Waals surface area contributed by atoms with Crippen LogP contribution in [0.1, 0.15) is 39.0 Å². The van der Waals surface area contributed by atoms with E-state index in [0.29, 0.717) is 30.3 Å². The zero-order valence-electron chi connectivity index (χ0n) is 12.6. The van der Waals surface area contributed by atoms with Crippen LogP contribution in [0.25, 0.3) is 0 Å². The highest BCUT2D eigenvalue weighted by atomic mass is 16.5. The van der Waals surface area contributed by atoms with Gasteiger partial charge in [-0.25, -0.2) is 4.98 Å². The number of rotatable bonds is 4. The molecule has 3 rings (SSSR count). The average Bonchev–Trinajstić information content (AvgIpc) is 2.53. The fraction of sp³-hybridized carbons (Fsp3) is 0.733. The van der Waals surface area contributed by atoms with Crippen LogP contribution in [-0.2, 0) is 4.74 Å². The largest absolute Gasteiger partial charge is 0.476 e. The van der Waals surface area contributed by atoms with Crippen LogP contribution in [-0.4, -0.2) is 41.9 Å². The first-order chi connectivity index (χ1) is 10.3. The normalized spacial score (nSPS) is 25.5. The maximum absolute atomic E-state index is 6.24. The van der Waals surface area contributed by atoms with E-state index in [4.69, 9.17) is 15.2 Å². The van der Waals surface area contributed by atoms with Crippen molar-refractivity contribution in [2.75, 3.05) is 30.4 Å². The van der Waals surface area contributed by atoms with Gasteiger partial charge in [-0.3, -0.25) is 0 Å². The lowest BCUT2D eigenvalue weighted by Crippen LogP contribution is -2.53. The third-order valence-corrected chi connectivity index (χ3v) is 4.27. The van der Waals surface area contributed by atoms with Gasteiger partial charge in [-0.2, -0.15) is 4.98 Å². The van der Waals surface area contributed by atoms with Gasteiger partial charge in [-0.1, -0.05) is 19.8 Å². The lowest BCUT2D eigenvalue weighted by Gasteiger charge is -2.44. The van der Waals surface area contributed by atoms with Crippen molar-refractivity contribution >= 4 is 11.5 Å². The maximum atomic E-state index is 6.24. The van der Waals surface area contributed by atoms with Crippen molar-refractivity contribution < 1.29 is 9.47 Å². The Hall–Kier alpha value is -1.56. The molecule has 0 aromatic carbocycles. The van der Waals surface area contributed by atoms with Gasteiger partial charge in [0.15, 0.2) is 5.82 Å². The summed E-state index contributed by atoms with van der Waals surface area (Å²) < 4.78 is 11.5. The number of ether oxygens (including phenoxy) is 2. The van der Waals surface area contributed by atoms with E-state index in [-0.39, 0.29) is 0 Å². The molecule has 1 aromatic heterocycles. The van der Waals surface area contributed by atoms with Crippen molar-refractivity contribution in [3.8, 4) is 5.88 Å². The molecule has 0 bridgehead atoms.